The summed E-state index contributed by atoms with van der Waals surface area (Å²) in [5, 5.41) is 7.60. The predicted molar refractivity (Wildman–Crippen MR) is 582 cm³/mol. The summed E-state index contributed by atoms with van der Waals surface area (Å²) in [5.41, 5.74) is 46.8. The number of nitrogens with zero attached hydrogens (tertiary/aromatic N) is 3. The lowest BCUT2D eigenvalue weighted by molar-refractivity contribution is 0.660. The van der Waals surface area contributed by atoms with Crippen molar-refractivity contribution in [3.8, 4) is 139 Å². The summed E-state index contributed by atoms with van der Waals surface area (Å²) in [6.07, 6.45) is 0. The SMILES string of the molecule is CC1(C)c2ccccc2-c2c(-n3c4ccccc4c4ccc(-c5cccc(-c6ccc(Br)cc6)c5)cc43)cccc21.CC1(C)c2ccccc2-c2cc(-c3ccc(-n4c5ccccc5c5ccc(-c6cccc(-c7ccc(Br)cc7)c6)cc54)cc3)ccc21.CC1(C)c2ccccc2-c2cc(-n3c4cc(-c5ccccc5)ccc4c4ccc(-c5cccc(-c6ccc(Br)cc6)c5)cc43)ccc21. The van der Waals surface area contributed by atoms with Crippen molar-refractivity contribution in [1.82, 2.24) is 13.7 Å². The van der Waals surface area contributed by atoms with Crippen LogP contribution in [-0.4, -0.2) is 13.7 Å². The van der Waals surface area contributed by atoms with E-state index in [2.05, 4.69) is 552 Å². The predicted octanol–water partition coefficient (Wildman–Crippen LogP) is 36.9. The molecule has 3 nitrogen and oxygen atoms in total. The number of benzene rings is 20. The fraction of sp³-hybridized carbons (Fsp3) is 0.0698. The number of halogens is 3. The molecule has 3 aromatic heterocycles. The van der Waals surface area contributed by atoms with E-state index in [1.165, 1.54) is 233 Å². The summed E-state index contributed by atoms with van der Waals surface area (Å²) in [6.45, 7) is 14.1. The molecule has 0 bridgehead atoms. The Bertz CT molecular complexity index is 8700. The number of para-hydroxylation sites is 2. The molecule has 6 heteroatoms. The fourth-order valence-corrected chi connectivity index (χ4v) is 23.0. The van der Waals surface area contributed by atoms with Gasteiger partial charge in [-0.05, 0) is 278 Å². The number of rotatable bonds is 11. The van der Waals surface area contributed by atoms with Gasteiger partial charge in [0.25, 0.3) is 0 Å². The molecule has 3 aliphatic carbocycles. The van der Waals surface area contributed by atoms with E-state index < -0.39 is 0 Å². The second-order valence-electron chi connectivity index (χ2n) is 37.8. The van der Waals surface area contributed by atoms with Crippen molar-refractivity contribution in [3.05, 3.63) is 496 Å². The highest BCUT2D eigenvalue weighted by molar-refractivity contribution is 9.11. The maximum Gasteiger partial charge on any atom is 0.0547 e. The van der Waals surface area contributed by atoms with Gasteiger partial charge < -0.3 is 13.7 Å². The zero-order valence-electron chi connectivity index (χ0n) is 75.7. The molecule has 0 N–H and O–H groups in total. The second kappa shape index (κ2) is 33.2. The van der Waals surface area contributed by atoms with E-state index in [1.807, 2.05) is 0 Å². The van der Waals surface area contributed by atoms with Gasteiger partial charge in [0.05, 0.1) is 38.8 Å². The van der Waals surface area contributed by atoms with Gasteiger partial charge in [0.15, 0.2) is 0 Å². The molecule has 26 rings (SSSR count). The zero-order chi connectivity index (χ0) is 91.1. The topological polar surface area (TPSA) is 14.8 Å². The lowest BCUT2D eigenvalue weighted by Crippen LogP contribution is -2.14. The first-order valence-corrected chi connectivity index (χ1v) is 48.9. The first-order valence-electron chi connectivity index (χ1n) is 46.5. The van der Waals surface area contributed by atoms with Gasteiger partial charge >= 0.3 is 0 Å². The molecule has 0 fully saturated rings. The average Bonchev–Trinajstić information content (AvgIpc) is 1.56. The Morgan fingerprint density at radius 1 is 0.163 bits per heavy atom. The lowest BCUT2D eigenvalue weighted by Gasteiger charge is -2.22. The molecule has 644 valence electrons. The quantitative estimate of drug-likeness (QED) is 0.123. The smallest absolute Gasteiger partial charge is 0.0547 e. The molecule has 0 amide bonds. The monoisotopic (exact) mass is 1920 g/mol. The third-order valence-corrected chi connectivity index (χ3v) is 30.6. The molecule has 20 aromatic carbocycles. The van der Waals surface area contributed by atoms with Crippen molar-refractivity contribution < 1.29 is 0 Å². The summed E-state index contributed by atoms with van der Waals surface area (Å²) in [5.74, 6) is 0. The second-order valence-corrected chi connectivity index (χ2v) is 40.6. The van der Waals surface area contributed by atoms with Crippen LogP contribution in [-0.2, 0) is 16.2 Å². The molecule has 0 atom stereocenters. The zero-order valence-corrected chi connectivity index (χ0v) is 80.5. The number of hydrogen-bond acceptors (Lipinski definition) is 0. The fourth-order valence-electron chi connectivity index (χ4n) is 22.2. The van der Waals surface area contributed by atoms with E-state index in [-0.39, 0.29) is 16.2 Å². The van der Waals surface area contributed by atoms with Gasteiger partial charge in [-0.15, -0.1) is 0 Å². The molecule has 0 saturated carbocycles. The van der Waals surface area contributed by atoms with Gasteiger partial charge in [0, 0.05) is 78.9 Å². The number of fused-ring (bicyclic) bond motifs is 18. The molecule has 0 saturated heterocycles. The van der Waals surface area contributed by atoms with Crippen LogP contribution >= 0.6 is 47.8 Å². The highest BCUT2D eigenvalue weighted by Crippen LogP contribution is 2.55. The summed E-state index contributed by atoms with van der Waals surface area (Å²) in [4.78, 5) is 0. The summed E-state index contributed by atoms with van der Waals surface area (Å²) in [6, 6.07) is 165. The molecular weight excluding hydrogens is 1830 g/mol. The van der Waals surface area contributed by atoms with Crippen LogP contribution in [0.1, 0.15) is 74.9 Å². The normalized spacial score (nSPS) is 13.3. The Morgan fingerprint density at radius 3 is 0.889 bits per heavy atom. The Hall–Kier alpha value is -14.8. The average molecular weight is 1920 g/mol. The largest absolute Gasteiger partial charge is 0.309 e. The van der Waals surface area contributed by atoms with Crippen LogP contribution in [0.5, 0.6) is 0 Å². The van der Waals surface area contributed by atoms with E-state index in [1.54, 1.807) is 0 Å². The van der Waals surface area contributed by atoms with E-state index >= 15 is 0 Å². The minimum atomic E-state index is -0.0423. The molecule has 0 radical (unpaired) electrons. The van der Waals surface area contributed by atoms with Gasteiger partial charge in [0.2, 0.25) is 0 Å². The standard InChI is InChI=1S/2C45H32BrN.C39H28BrN/c1-45(2)41-12-5-3-10-37(41)40-27-33(19-25-42(40)45)30-16-22-36(23-17-30)47-43-13-6-4-11-38(43)39-24-18-34(28-44(39)47)32-9-7-8-31(26-32)29-14-20-35(46)21-15-29;1-45(2)41-14-7-6-13-37(41)40-28-36(21-24-42(40)45)47-43-26-33(29-9-4-3-5-10-29)17-22-38(43)39-23-18-34(27-44(39)47)32-12-8-11-31(25-32)30-15-19-35(46)20-16-30;1-39(2)33-13-5-3-12-32(33)38-34(39)14-8-16-36(38)41-35-15-6-4-11-30(35)31-22-19-28(24-37(31)41)27-10-7-9-26(23-27)25-17-20-29(40)21-18-25/h2*3-28H,1-2H3;3-24H,1-2H3. The number of hydrogen-bond donors (Lipinski definition) is 0. The molecule has 23 aromatic rings. The van der Waals surface area contributed by atoms with Crippen LogP contribution in [0.25, 0.3) is 205 Å². The van der Waals surface area contributed by atoms with Crippen LogP contribution in [0.2, 0.25) is 0 Å². The van der Waals surface area contributed by atoms with Crippen molar-refractivity contribution in [2.24, 2.45) is 0 Å². The van der Waals surface area contributed by atoms with E-state index in [0.29, 0.717) is 0 Å². The molecule has 0 spiro atoms. The van der Waals surface area contributed by atoms with Gasteiger partial charge in [-0.1, -0.05) is 411 Å². The number of aromatic nitrogens is 3. The van der Waals surface area contributed by atoms with E-state index in [4.69, 9.17) is 0 Å². The summed E-state index contributed by atoms with van der Waals surface area (Å²) < 4.78 is 10.7. The Balaban J connectivity index is 0.000000111. The Kier molecular flexibility index (Phi) is 20.5. The third kappa shape index (κ3) is 14.3. The minimum Gasteiger partial charge on any atom is -0.309 e. The third-order valence-electron chi connectivity index (χ3n) is 29.0. The molecule has 3 heterocycles. The highest BCUT2D eigenvalue weighted by atomic mass is 79.9. The molecule has 3 aliphatic rings. The van der Waals surface area contributed by atoms with Crippen molar-refractivity contribution in [3.63, 3.8) is 0 Å². The van der Waals surface area contributed by atoms with E-state index in [9.17, 15) is 0 Å². The van der Waals surface area contributed by atoms with Crippen molar-refractivity contribution in [2.45, 2.75) is 57.8 Å². The summed E-state index contributed by atoms with van der Waals surface area (Å²) in [7, 11) is 0. The van der Waals surface area contributed by atoms with Crippen LogP contribution in [0.4, 0.5) is 0 Å². The van der Waals surface area contributed by atoms with Crippen molar-refractivity contribution >= 4 is 113 Å². The van der Waals surface area contributed by atoms with Gasteiger partial charge in [-0.3, -0.25) is 0 Å². The van der Waals surface area contributed by atoms with Gasteiger partial charge in [-0.25, -0.2) is 0 Å². The van der Waals surface area contributed by atoms with Crippen LogP contribution in [0.3, 0.4) is 0 Å². The van der Waals surface area contributed by atoms with E-state index in [0.717, 1.165) is 19.1 Å². The van der Waals surface area contributed by atoms with Crippen LogP contribution < -0.4 is 0 Å². The Morgan fingerprint density at radius 2 is 0.430 bits per heavy atom. The summed E-state index contributed by atoms with van der Waals surface area (Å²) >= 11 is 10.7. The van der Waals surface area contributed by atoms with Gasteiger partial charge in [0.1, 0.15) is 0 Å². The lowest BCUT2D eigenvalue weighted by atomic mass is 9.82. The Labute approximate surface area is 813 Å². The highest BCUT2D eigenvalue weighted by Gasteiger charge is 2.39. The first-order chi connectivity index (χ1) is 65.9. The van der Waals surface area contributed by atoms with Crippen LogP contribution in [0, 0.1) is 0 Å². The molecule has 0 aliphatic heterocycles. The van der Waals surface area contributed by atoms with Crippen molar-refractivity contribution in [2.75, 3.05) is 0 Å². The van der Waals surface area contributed by atoms with Crippen molar-refractivity contribution in [1.29, 1.82) is 0 Å². The van der Waals surface area contributed by atoms with Gasteiger partial charge in [-0.2, -0.15) is 0 Å². The maximum atomic E-state index is 3.58. The molecule has 0 unspecified atom stereocenters. The maximum absolute atomic E-state index is 3.58. The molecule has 135 heavy (non-hydrogen) atoms. The minimum absolute atomic E-state index is 0.0178. The van der Waals surface area contributed by atoms with Crippen LogP contribution in [0.15, 0.2) is 462 Å². The molecular formula is C129H92Br3N3. The first kappa shape index (κ1) is 83.3.